The molecule has 34 heavy (non-hydrogen) atoms. The second-order valence-corrected chi connectivity index (χ2v) is 7.65. The van der Waals surface area contributed by atoms with E-state index in [1.807, 2.05) is 12.1 Å². The lowest BCUT2D eigenvalue weighted by molar-refractivity contribution is -0.159. The molecule has 4 rings (SSSR count). The number of methoxy groups -OCH3 is 1. The molecule has 0 aliphatic rings. The summed E-state index contributed by atoms with van der Waals surface area (Å²) in [7, 11) is 3.86. The number of hydrogen-bond acceptors (Lipinski definition) is 4. The van der Waals surface area contributed by atoms with E-state index in [4.69, 9.17) is 24.5 Å². The van der Waals surface area contributed by atoms with Crippen molar-refractivity contribution in [3.8, 4) is 17.0 Å². The Bertz CT molecular complexity index is 1240. The number of aryl methyl sites for hydroxylation is 1. The number of benzene rings is 3. The number of aromatic nitrogens is 1. The van der Waals surface area contributed by atoms with Gasteiger partial charge >= 0.3 is 11.9 Å². The summed E-state index contributed by atoms with van der Waals surface area (Å²) in [5.74, 6) is -2.75. The molecule has 0 unspecified atom stereocenters. The van der Waals surface area contributed by atoms with Crippen LogP contribution in [0, 0.1) is 0 Å². The molecule has 0 aliphatic heterocycles. The van der Waals surface area contributed by atoms with Gasteiger partial charge in [0, 0.05) is 24.5 Å². The van der Waals surface area contributed by atoms with Gasteiger partial charge in [-0.25, -0.2) is 9.59 Å². The Hall–Kier alpha value is -4.10. The van der Waals surface area contributed by atoms with E-state index in [2.05, 4.69) is 83.7 Å². The number of carboxylic acid groups (broad SMARTS) is 2. The SMILES string of the molecule is COc1ccc(CCNCc2c(-c3ccccc3)n(C)c3ccccc23)cc1.O=C(O)C(=O)O. The van der Waals surface area contributed by atoms with Crippen molar-refractivity contribution in [3.63, 3.8) is 0 Å². The van der Waals surface area contributed by atoms with E-state index in [-0.39, 0.29) is 0 Å². The maximum absolute atomic E-state index is 9.10. The fraction of sp³-hybridized carbons (Fsp3) is 0.185. The summed E-state index contributed by atoms with van der Waals surface area (Å²) in [5, 5.41) is 19.8. The first-order valence-electron chi connectivity index (χ1n) is 10.8. The third-order valence-electron chi connectivity index (χ3n) is 5.49. The minimum Gasteiger partial charge on any atom is -0.497 e. The van der Waals surface area contributed by atoms with Crippen LogP contribution in [0.2, 0.25) is 0 Å². The van der Waals surface area contributed by atoms with Crippen molar-refractivity contribution in [2.24, 2.45) is 7.05 Å². The molecule has 7 heteroatoms. The molecule has 0 saturated carbocycles. The Morgan fingerprint density at radius 3 is 2.12 bits per heavy atom. The van der Waals surface area contributed by atoms with Crippen molar-refractivity contribution >= 4 is 22.8 Å². The molecule has 7 nitrogen and oxygen atoms in total. The van der Waals surface area contributed by atoms with Gasteiger partial charge in [0.25, 0.3) is 0 Å². The number of fused-ring (bicyclic) bond motifs is 1. The van der Waals surface area contributed by atoms with Gasteiger partial charge in [-0.1, -0.05) is 60.7 Å². The number of carboxylic acids is 2. The summed E-state index contributed by atoms with van der Waals surface area (Å²) < 4.78 is 7.54. The molecule has 176 valence electrons. The van der Waals surface area contributed by atoms with Crippen LogP contribution < -0.4 is 10.1 Å². The van der Waals surface area contributed by atoms with Crippen LogP contribution in [0.15, 0.2) is 78.9 Å². The van der Waals surface area contributed by atoms with Crippen molar-refractivity contribution < 1.29 is 24.5 Å². The van der Waals surface area contributed by atoms with Crippen LogP contribution in [0.5, 0.6) is 5.75 Å². The quantitative estimate of drug-likeness (QED) is 0.280. The number of para-hydroxylation sites is 1. The number of hydrogen-bond donors (Lipinski definition) is 3. The zero-order valence-corrected chi connectivity index (χ0v) is 19.2. The number of ether oxygens (including phenoxy) is 1. The van der Waals surface area contributed by atoms with Crippen LogP contribution >= 0.6 is 0 Å². The number of rotatable bonds is 7. The van der Waals surface area contributed by atoms with Gasteiger partial charge in [-0.05, 0) is 47.9 Å². The van der Waals surface area contributed by atoms with E-state index in [1.54, 1.807) is 7.11 Å². The Kier molecular flexibility index (Phi) is 8.43. The summed E-state index contributed by atoms with van der Waals surface area (Å²) in [6, 6.07) is 27.6. The van der Waals surface area contributed by atoms with Crippen LogP contribution in [0.1, 0.15) is 11.1 Å². The second-order valence-electron chi connectivity index (χ2n) is 7.65. The van der Waals surface area contributed by atoms with Crippen LogP contribution in [-0.4, -0.2) is 40.4 Å². The lowest BCUT2D eigenvalue weighted by Gasteiger charge is -2.10. The van der Waals surface area contributed by atoms with Crippen molar-refractivity contribution in [2.75, 3.05) is 13.7 Å². The molecule has 0 spiro atoms. The van der Waals surface area contributed by atoms with E-state index in [0.717, 1.165) is 25.3 Å². The molecule has 3 aromatic carbocycles. The molecule has 3 N–H and O–H groups in total. The molecule has 0 fully saturated rings. The first-order valence-corrected chi connectivity index (χ1v) is 10.8. The summed E-state index contributed by atoms with van der Waals surface area (Å²) in [5.41, 5.74) is 6.49. The van der Waals surface area contributed by atoms with Gasteiger partial charge < -0.3 is 24.8 Å². The Balaban J connectivity index is 0.000000481. The highest BCUT2D eigenvalue weighted by Crippen LogP contribution is 2.32. The first kappa shape index (κ1) is 24.5. The molecule has 0 amide bonds. The fourth-order valence-corrected chi connectivity index (χ4v) is 3.85. The van der Waals surface area contributed by atoms with Crippen LogP contribution in [-0.2, 0) is 29.6 Å². The zero-order valence-electron chi connectivity index (χ0n) is 19.2. The van der Waals surface area contributed by atoms with E-state index in [1.165, 1.54) is 33.3 Å². The highest BCUT2D eigenvalue weighted by molar-refractivity contribution is 6.27. The first-order chi connectivity index (χ1) is 16.4. The van der Waals surface area contributed by atoms with Crippen molar-refractivity contribution in [1.29, 1.82) is 0 Å². The smallest absolute Gasteiger partial charge is 0.414 e. The second kappa shape index (κ2) is 11.7. The summed E-state index contributed by atoms with van der Waals surface area (Å²) in [6.07, 6.45) is 0.995. The van der Waals surface area contributed by atoms with Crippen LogP contribution in [0.25, 0.3) is 22.2 Å². The van der Waals surface area contributed by atoms with Gasteiger partial charge in [-0.2, -0.15) is 0 Å². The van der Waals surface area contributed by atoms with Crippen LogP contribution in [0.4, 0.5) is 0 Å². The predicted octanol–water partition coefficient (Wildman–Crippen LogP) is 4.34. The molecule has 0 saturated heterocycles. The molecule has 0 atom stereocenters. The van der Waals surface area contributed by atoms with Crippen molar-refractivity contribution in [1.82, 2.24) is 9.88 Å². The summed E-state index contributed by atoms with van der Waals surface area (Å²) in [4.78, 5) is 18.2. The molecule has 0 aliphatic carbocycles. The lowest BCUT2D eigenvalue weighted by Crippen LogP contribution is -2.17. The van der Waals surface area contributed by atoms with Crippen molar-refractivity contribution in [3.05, 3.63) is 90.0 Å². The number of carbonyl (C=O) groups is 2. The van der Waals surface area contributed by atoms with E-state index < -0.39 is 11.9 Å². The average Bonchev–Trinajstić information content (AvgIpc) is 3.14. The molecular weight excluding hydrogens is 432 g/mol. The average molecular weight is 461 g/mol. The fourth-order valence-electron chi connectivity index (χ4n) is 3.85. The predicted molar refractivity (Wildman–Crippen MR) is 132 cm³/mol. The zero-order chi connectivity index (χ0) is 24.5. The van der Waals surface area contributed by atoms with E-state index in [0.29, 0.717) is 0 Å². The number of nitrogens with zero attached hydrogens (tertiary/aromatic N) is 1. The highest BCUT2D eigenvalue weighted by Gasteiger charge is 2.15. The standard InChI is InChI=1S/C25H26N2O.C2H2O4/c1-27-24-11-7-6-10-22(24)23(25(27)20-8-4-3-5-9-20)18-26-17-16-19-12-14-21(28-2)15-13-19;3-1(4)2(5)6/h3-15,26H,16-18H2,1-2H3;(H,3,4)(H,5,6). The van der Waals surface area contributed by atoms with Gasteiger partial charge in [-0.15, -0.1) is 0 Å². The molecular formula is C27H28N2O5. The van der Waals surface area contributed by atoms with Crippen molar-refractivity contribution in [2.45, 2.75) is 13.0 Å². The summed E-state index contributed by atoms with van der Waals surface area (Å²) in [6.45, 7) is 1.78. The Morgan fingerprint density at radius 1 is 0.882 bits per heavy atom. The normalized spacial score (nSPS) is 10.4. The highest BCUT2D eigenvalue weighted by atomic mass is 16.5. The minimum absolute atomic E-state index is 0.849. The molecule has 1 heterocycles. The summed E-state index contributed by atoms with van der Waals surface area (Å²) >= 11 is 0. The largest absolute Gasteiger partial charge is 0.497 e. The number of nitrogens with one attached hydrogen (secondary N) is 1. The molecule has 4 aromatic rings. The number of aliphatic carboxylic acids is 2. The van der Waals surface area contributed by atoms with Gasteiger partial charge in [0.05, 0.1) is 12.8 Å². The Morgan fingerprint density at radius 2 is 1.50 bits per heavy atom. The van der Waals surface area contributed by atoms with Crippen LogP contribution in [0.3, 0.4) is 0 Å². The maximum Gasteiger partial charge on any atom is 0.414 e. The lowest BCUT2D eigenvalue weighted by atomic mass is 10.0. The maximum atomic E-state index is 9.10. The van der Waals surface area contributed by atoms with Gasteiger partial charge in [0.2, 0.25) is 0 Å². The van der Waals surface area contributed by atoms with E-state index >= 15 is 0 Å². The van der Waals surface area contributed by atoms with Gasteiger partial charge in [0.1, 0.15) is 5.75 Å². The molecule has 0 radical (unpaired) electrons. The molecule has 1 aromatic heterocycles. The third-order valence-corrected chi connectivity index (χ3v) is 5.49. The van der Waals surface area contributed by atoms with E-state index in [9.17, 15) is 0 Å². The Labute approximate surface area is 198 Å². The topological polar surface area (TPSA) is 101 Å². The van der Waals surface area contributed by atoms with Gasteiger partial charge in [0.15, 0.2) is 0 Å². The van der Waals surface area contributed by atoms with Gasteiger partial charge in [-0.3, -0.25) is 0 Å². The third kappa shape index (κ3) is 6.02. The molecule has 0 bridgehead atoms. The monoisotopic (exact) mass is 460 g/mol. The minimum atomic E-state index is -1.82.